The Morgan fingerprint density at radius 3 is 2.70 bits per heavy atom. The van der Waals surface area contributed by atoms with Crippen LogP contribution in [0.5, 0.6) is 0 Å². The van der Waals surface area contributed by atoms with Crippen LogP contribution in [0.25, 0.3) is 0 Å². The van der Waals surface area contributed by atoms with Crippen LogP contribution in [0.15, 0.2) is 10.7 Å². The molecule has 1 aromatic rings. The number of ketones is 1. The molecule has 1 atom stereocenters. The molecule has 0 spiro atoms. The van der Waals surface area contributed by atoms with Gasteiger partial charge in [-0.1, -0.05) is 13.8 Å². The summed E-state index contributed by atoms with van der Waals surface area (Å²) in [7, 11) is 0. The topological polar surface area (TPSA) is 70.8 Å². The van der Waals surface area contributed by atoms with Crippen LogP contribution in [-0.2, 0) is 11.2 Å². The number of aryl methyl sites for hydroxylation is 1. The highest BCUT2D eigenvalue weighted by Crippen LogP contribution is 2.33. The zero-order valence-corrected chi connectivity index (χ0v) is 16.2. The smallest absolute Gasteiger partial charge is 0.257 e. The van der Waals surface area contributed by atoms with Crippen molar-refractivity contribution in [2.45, 2.75) is 58.4 Å². The van der Waals surface area contributed by atoms with Crippen LogP contribution in [0.4, 0.5) is 0 Å². The van der Waals surface area contributed by atoms with E-state index in [1.165, 1.54) is 19.1 Å². The monoisotopic (exact) mass is 372 g/mol. The van der Waals surface area contributed by atoms with E-state index < -0.39 is 0 Å². The summed E-state index contributed by atoms with van der Waals surface area (Å²) in [5, 5.41) is 0. The molecule has 0 unspecified atom stereocenters. The molecule has 3 aliphatic rings. The van der Waals surface area contributed by atoms with Crippen LogP contribution >= 0.6 is 0 Å². The van der Waals surface area contributed by atoms with E-state index in [4.69, 9.17) is 4.42 Å². The lowest BCUT2D eigenvalue weighted by Crippen LogP contribution is -2.48. The van der Waals surface area contributed by atoms with E-state index in [9.17, 15) is 14.4 Å². The number of Topliss-reactive ketones (excluding diaryl/α,β-unsaturated/α-hetero) is 1. The molecule has 2 heterocycles. The number of fused-ring (bicyclic) bond motifs is 1. The second-order valence-electron chi connectivity index (χ2n) is 8.53. The lowest BCUT2D eigenvalue weighted by molar-refractivity contribution is -0.133. The van der Waals surface area contributed by atoms with Gasteiger partial charge in [0.15, 0.2) is 5.78 Å². The molecule has 1 saturated heterocycles. The molecular weight excluding hydrogens is 344 g/mol. The van der Waals surface area contributed by atoms with Crippen LogP contribution in [0.1, 0.15) is 72.4 Å². The van der Waals surface area contributed by atoms with Crippen molar-refractivity contribution >= 4 is 17.6 Å². The standard InChI is InChI=1S/C21H28N2O4/c1-13(2)16-11-22(9-8-19(25)23(16)10-14-6-7-14)21(26)15-12-27-18-5-3-4-17(24)20(15)18/h12-14,16H,3-11H2,1-2H3/t16-/m1/s1. The Morgan fingerprint density at radius 2 is 2.00 bits per heavy atom. The summed E-state index contributed by atoms with van der Waals surface area (Å²) in [5.41, 5.74) is 0.845. The van der Waals surface area contributed by atoms with Crippen LogP contribution < -0.4 is 0 Å². The Hall–Kier alpha value is -2.11. The van der Waals surface area contributed by atoms with Crippen molar-refractivity contribution < 1.29 is 18.8 Å². The van der Waals surface area contributed by atoms with E-state index in [-0.39, 0.29) is 29.6 Å². The van der Waals surface area contributed by atoms with Crippen LogP contribution in [-0.4, -0.2) is 53.1 Å². The number of nitrogens with zero attached hydrogens (tertiary/aromatic N) is 2. The Kier molecular flexibility index (Phi) is 4.82. The van der Waals surface area contributed by atoms with Crippen LogP contribution in [0, 0.1) is 11.8 Å². The summed E-state index contributed by atoms with van der Waals surface area (Å²) in [6, 6.07) is 0.0166. The lowest BCUT2D eigenvalue weighted by Gasteiger charge is -2.34. The largest absolute Gasteiger partial charge is 0.468 e. The molecular formula is C21H28N2O4. The van der Waals surface area contributed by atoms with Gasteiger partial charge in [-0.05, 0) is 31.1 Å². The third kappa shape index (κ3) is 3.54. The average Bonchev–Trinajstić information content (AvgIpc) is 3.38. The molecule has 0 bridgehead atoms. The predicted molar refractivity (Wildman–Crippen MR) is 99.6 cm³/mol. The fourth-order valence-corrected chi connectivity index (χ4v) is 4.30. The predicted octanol–water partition coefficient (Wildman–Crippen LogP) is 2.91. The minimum atomic E-state index is -0.179. The van der Waals surface area contributed by atoms with Gasteiger partial charge in [0.1, 0.15) is 12.0 Å². The van der Waals surface area contributed by atoms with Gasteiger partial charge in [0.2, 0.25) is 5.91 Å². The summed E-state index contributed by atoms with van der Waals surface area (Å²) in [6.45, 7) is 5.94. The van der Waals surface area contributed by atoms with E-state index in [2.05, 4.69) is 13.8 Å². The molecule has 1 saturated carbocycles. The molecule has 146 valence electrons. The maximum Gasteiger partial charge on any atom is 0.257 e. The molecule has 0 N–H and O–H groups in total. The highest BCUT2D eigenvalue weighted by atomic mass is 16.3. The van der Waals surface area contributed by atoms with E-state index in [1.807, 2.05) is 4.90 Å². The van der Waals surface area contributed by atoms with Crippen LogP contribution in [0.2, 0.25) is 0 Å². The third-order valence-electron chi connectivity index (χ3n) is 6.12. The maximum atomic E-state index is 13.2. The first kappa shape index (κ1) is 18.3. The number of amides is 2. The summed E-state index contributed by atoms with van der Waals surface area (Å²) >= 11 is 0. The SMILES string of the molecule is CC(C)[C@H]1CN(C(=O)c2coc3c2C(=O)CCC3)CCC(=O)N1CC1CC1. The fraction of sp³-hybridized carbons (Fsp3) is 0.667. The van der Waals surface area contributed by atoms with Gasteiger partial charge in [-0.25, -0.2) is 0 Å². The number of hydrogen-bond acceptors (Lipinski definition) is 4. The first-order chi connectivity index (χ1) is 13.0. The van der Waals surface area contributed by atoms with Crippen molar-refractivity contribution in [1.29, 1.82) is 0 Å². The molecule has 4 rings (SSSR count). The van der Waals surface area contributed by atoms with E-state index in [1.54, 1.807) is 4.90 Å². The lowest BCUT2D eigenvalue weighted by atomic mass is 9.93. The second-order valence-corrected chi connectivity index (χ2v) is 8.53. The van der Waals surface area contributed by atoms with Crippen LogP contribution in [0.3, 0.4) is 0 Å². The minimum Gasteiger partial charge on any atom is -0.468 e. The fourth-order valence-electron chi connectivity index (χ4n) is 4.30. The van der Waals surface area contributed by atoms with Gasteiger partial charge in [-0.15, -0.1) is 0 Å². The summed E-state index contributed by atoms with van der Waals surface area (Å²) in [5.74, 6) is 1.48. The molecule has 1 aromatic heterocycles. The first-order valence-corrected chi connectivity index (χ1v) is 10.2. The minimum absolute atomic E-state index is 0.00461. The molecule has 0 radical (unpaired) electrons. The van der Waals surface area contributed by atoms with Gasteiger partial charge in [0, 0.05) is 38.9 Å². The Labute approximate surface area is 159 Å². The van der Waals surface area contributed by atoms with Crippen molar-refractivity contribution in [1.82, 2.24) is 9.80 Å². The summed E-state index contributed by atoms with van der Waals surface area (Å²) in [6.07, 6.45) is 6.12. The summed E-state index contributed by atoms with van der Waals surface area (Å²) < 4.78 is 5.53. The highest BCUT2D eigenvalue weighted by Gasteiger charge is 2.38. The maximum absolute atomic E-state index is 13.2. The first-order valence-electron chi connectivity index (χ1n) is 10.2. The second kappa shape index (κ2) is 7.13. The number of furan rings is 1. The van der Waals surface area contributed by atoms with Gasteiger partial charge < -0.3 is 14.2 Å². The van der Waals surface area contributed by atoms with Crippen molar-refractivity contribution in [3.05, 3.63) is 23.2 Å². The Morgan fingerprint density at radius 1 is 1.22 bits per heavy atom. The number of carbonyl (C=O) groups excluding carboxylic acids is 3. The molecule has 2 amide bonds. The molecule has 6 nitrogen and oxygen atoms in total. The molecule has 6 heteroatoms. The Bertz CT molecular complexity index is 762. The summed E-state index contributed by atoms with van der Waals surface area (Å²) in [4.78, 5) is 42.1. The number of rotatable bonds is 4. The van der Waals surface area contributed by atoms with Crippen molar-refractivity contribution in [3.63, 3.8) is 0 Å². The number of hydrogen-bond donors (Lipinski definition) is 0. The third-order valence-corrected chi connectivity index (χ3v) is 6.12. The zero-order chi connectivity index (χ0) is 19.1. The number of carbonyl (C=O) groups is 3. The van der Waals surface area contributed by atoms with Gasteiger partial charge in [0.05, 0.1) is 17.2 Å². The van der Waals surface area contributed by atoms with E-state index >= 15 is 0 Å². The molecule has 2 aliphatic carbocycles. The normalized spacial score (nSPS) is 23.6. The average molecular weight is 372 g/mol. The van der Waals surface area contributed by atoms with Gasteiger partial charge in [0.25, 0.3) is 5.91 Å². The molecule has 27 heavy (non-hydrogen) atoms. The zero-order valence-electron chi connectivity index (χ0n) is 16.2. The van der Waals surface area contributed by atoms with E-state index in [0.29, 0.717) is 55.2 Å². The van der Waals surface area contributed by atoms with E-state index in [0.717, 1.165) is 13.0 Å². The van der Waals surface area contributed by atoms with Crippen molar-refractivity contribution in [3.8, 4) is 0 Å². The molecule has 1 aliphatic heterocycles. The van der Waals surface area contributed by atoms with Gasteiger partial charge >= 0.3 is 0 Å². The van der Waals surface area contributed by atoms with Crippen molar-refractivity contribution in [2.24, 2.45) is 11.8 Å². The quantitative estimate of drug-likeness (QED) is 0.815. The molecule has 0 aromatic carbocycles. The highest BCUT2D eigenvalue weighted by molar-refractivity contribution is 6.09. The van der Waals surface area contributed by atoms with Gasteiger partial charge in [-0.3, -0.25) is 14.4 Å². The van der Waals surface area contributed by atoms with Gasteiger partial charge in [-0.2, -0.15) is 0 Å². The molecule has 2 fully saturated rings. The Balaban J connectivity index is 1.58. The van der Waals surface area contributed by atoms with Crippen molar-refractivity contribution in [2.75, 3.05) is 19.6 Å².